The van der Waals surface area contributed by atoms with Gasteiger partial charge in [-0.05, 0) is 50.5 Å². The second-order valence-corrected chi connectivity index (χ2v) is 7.30. The molecule has 1 aliphatic carbocycles. The van der Waals surface area contributed by atoms with Gasteiger partial charge in [-0.25, -0.2) is 0 Å². The Bertz CT molecular complexity index is 535. The van der Waals surface area contributed by atoms with Crippen molar-refractivity contribution in [3.63, 3.8) is 0 Å². The summed E-state index contributed by atoms with van der Waals surface area (Å²) in [6.07, 6.45) is 15.5. The molecular formula is C22H34O5. The minimum absolute atomic E-state index is 0.0226. The molecule has 0 heterocycles. The number of esters is 1. The molecule has 0 aromatic heterocycles. The Morgan fingerprint density at radius 1 is 1.26 bits per heavy atom. The van der Waals surface area contributed by atoms with E-state index in [1.807, 2.05) is 18.2 Å². The van der Waals surface area contributed by atoms with Crippen molar-refractivity contribution in [1.82, 2.24) is 0 Å². The molecule has 1 fully saturated rings. The second kappa shape index (κ2) is 13.3. The molecule has 27 heavy (non-hydrogen) atoms. The van der Waals surface area contributed by atoms with E-state index in [0.717, 1.165) is 38.5 Å². The van der Waals surface area contributed by atoms with Crippen molar-refractivity contribution >= 4 is 17.7 Å². The van der Waals surface area contributed by atoms with Gasteiger partial charge in [0.15, 0.2) is 0 Å². The number of hydrogen-bond donors (Lipinski definition) is 1. The predicted octanol–water partition coefficient (Wildman–Crippen LogP) is 4.85. The van der Waals surface area contributed by atoms with Crippen LogP contribution in [0.2, 0.25) is 0 Å². The average Bonchev–Trinajstić information content (AvgIpc) is 2.95. The summed E-state index contributed by atoms with van der Waals surface area (Å²) in [6, 6.07) is 0. The first-order valence-electron chi connectivity index (χ1n) is 10.2. The summed E-state index contributed by atoms with van der Waals surface area (Å²) in [4.78, 5) is 34.0. The van der Waals surface area contributed by atoms with Crippen LogP contribution in [0.3, 0.4) is 0 Å². The van der Waals surface area contributed by atoms with E-state index in [1.54, 1.807) is 0 Å². The van der Waals surface area contributed by atoms with E-state index >= 15 is 0 Å². The van der Waals surface area contributed by atoms with E-state index in [-0.39, 0.29) is 36.1 Å². The van der Waals surface area contributed by atoms with Gasteiger partial charge >= 0.3 is 11.9 Å². The van der Waals surface area contributed by atoms with Crippen LogP contribution in [0.25, 0.3) is 0 Å². The van der Waals surface area contributed by atoms with E-state index in [0.29, 0.717) is 19.3 Å². The maximum absolute atomic E-state index is 12.2. The Hall–Kier alpha value is -1.91. The van der Waals surface area contributed by atoms with E-state index in [1.165, 1.54) is 6.92 Å². The molecule has 3 atom stereocenters. The molecule has 0 bridgehead atoms. The van der Waals surface area contributed by atoms with E-state index in [4.69, 9.17) is 9.84 Å². The molecule has 5 heteroatoms. The Morgan fingerprint density at radius 3 is 2.70 bits per heavy atom. The number of carboxylic acid groups (broad SMARTS) is 1. The lowest BCUT2D eigenvalue weighted by Gasteiger charge is -2.16. The van der Waals surface area contributed by atoms with E-state index < -0.39 is 5.97 Å². The van der Waals surface area contributed by atoms with Crippen LogP contribution < -0.4 is 0 Å². The highest BCUT2D eigenvalue weighted by Crippen LogP contribution is 2.33. The number of rotatable bonds is 13. The van der Waals surface area contributed by atoms with Gasteiger partial charge in [-0.1, -0.05) is 38.0 Å². The molecule has 1 rings (SSSR count). The molecule has 0 saturated heterocycles. The van der Waals surface area contributed by atoms with Crippen LogP contribution >= 0.6 is 0 Å². The second-order valence-electron chi connectivity index (χ2n) is 7.30. The standard InChI is InChI=1S/C22H34O5/c1-3-4-7-10-19(27-17(2)23)15-13-18-14-16-21(24)20(18)11-8-5-6-9-12-22(25)26/h5,8,13,15,18-20H,3-4,6-7,9-12,14,16H2,1-2H3,(H,25,26)/b8-5-,15-13+/t18-,19-,20+/m0/s1. The van der Waals surface area contributed by atoms with Crippen LogP contribution in [0, 0.1) is 11.8 Å². The fourth-order valence-corrected chi connectivity index (χ4v) is 3.47. The number of carbonyl (C=O) groups excluding carboxylic acids is 2. The van der Waals surface area contributed by atoms with Gasteiger partial charge in [-0.3, -0.25) is 14.4 Å². The molecule has 0 aromatic rings. The SMILES string of the molecule is CCCCC[C@@H](/C=C/[C@H]1CCC(=O)[C@@H]1C/C=C\CCCC(=O)O)OC(C)=O. The van der Waals surface area contributed by atoms with Gasteiger partial charge in [0.2, 0.25) is 0 Å². The molecule has 0 amide bonds. The number of unbranched alkanes of at least 4 members (excludes halogenated alkanes) is 3. The van der Waals surface area contributed by atoms with Crippen molar-refractivity contribution in [2.75, 3.05) is 0 Å². The summed E-state index contributed by atoms with van der Waals surface area (Å²) < 4.78 is 5.39. The van der Waals surface area contributed by atoms with Crippen LogP contribution in [0.15, 0.2) is 24.3 Å². The van der Waals surface area contributed by atoms with Gasteiger partial charge in [-0.15, -0.1) is 0 Å². The lowest BCUT2D eigenvalue weighted by Crippen LogP contribution is -2.16. The van der Waals surface area contributed by atoms with Crippen molar-refractivity contribution in [1.29, 1.82) is 0 Å². The number of allylic oxidation sites excluding steroid dienone is 3. The number of carboxylic acids is 1. The van der Waals surface area contributed by atoms with Crippen molar-refractivity contribution in [2.24, 2.45) is 11.8 Å². The van der Waals surface area contributed by atoms with Crippen molar-refractivity contribution in [3.05, 3.63) is 24.3 Å². The first-order valence-corrected chi connectivity index (χ1v) is 10.2. The summed E-state index contributed by atoms with van der Waals surface area (Å²) >= 11 is 0. The third-order valence-corrected chi connectivity index (χ3v) is 4.96. The van der Waals surface area contributed by atoms with Crippen molar-refractivity contribution < 1.29 is 24.2 Å². The topological polar surface area (TPSA) is 80.7 Å². The van der Waals surface area contributed by atoms with Gasteiger partial charge in [0.25, 0.3) is 0 Å². The zero-order chi connectivity index (χ0) is 20.1. The summed E-state index contributed by atoms with van der Waals surface area (Å²) in [5.74, 6) is -0.601. The fraction of sp³-hybridized carbons (Fsp3) is 0.682. The highest BCUT2D eigenvalue weighted by molar-refractivity contribution is 5.83. The molecule has 0 spiro atoms. The summed E-state index contributed by atoms with van der Waals surface area (Å²) in [6.45, 7) is 3.57. The summed E-state index contributed by atoms with van der Waals surface area (Å²) in [5.41, 5.74) is 0. The first-order chi connectivity index (χ1) is 12.9. The third kappa shape index (κ3) is 10.1. The zero-order valence-electron chi connectivity index (χ0n) is 16.7. The van der Waals surface area contributed by atoms with Crippen molar-refractivity contribution in [2.45, 2.75) is 84.2 Å². The zero-order valence-corrected chi connectivity index (χ0v) is 16.7. The lowest BCUT2D eigenvalue weighted by atomic mass is 9.91. The maximum atomic E-state index is 12.2. The van der Waals surface area contributed by atoms with Crippen LogP contribution in [-0.4, -0.2) is 28.9 Å². The highest BCUT2D eigenvalue weighted by Gasteiger charge is 2.32. The van der Waals surface area contributed by atoms with Crippen molar-refractivity contribution in [3.8, 4) is 0 Å². The molecule has 0 aromatic carbocycles. The Balaban J connectivity index is 2.54. The Morgan fingerprint density at radius 2 is 2.04 bits per heavy atom. The van der Waals surface area contributed by atoms with Gasteiger partial charge in [0, 0.05) is 25.7 Å². The first kappa shape index (κ1) is 23.1. The maximum Gasteiger partial charge on any atom is 0.303 e. The van der Waals surface area contributed by atoms with Crippen LogP contribution in [0.4, 0.5) is 0 Å². The number of ether oxygens (including phenoxy) is 1. The average molecular weight is 379 g/mol. The number of hydrogen-bond acceptors (Lipinski definition) is 4. The molecular weight excluding hydrogens is 344 g/mol. The number of aliphatic carboxylic acids is 1. The number of ketones is 1. The van der Waals surface area contributed by atoms with E-state index in [2.05, 4.69) is 13.0 Å². The molecule has 0 aliphatic heterocycles. The minimum atomic E-state index is -0.777. The fourth-order valence-electron chi connectivity index (χ4n) is 3.47. The predicted molar refractivity (Wildman–Crippen MR) is 105 cm³/mol. The van der Waals surface area contributed by atoms with Gasteiger partial charge < -0.3 is 9.84 Å². The quantitative estimate of drug-likeness (QED) is 0.281. The normalized spacial score (nSPS) is 21.2. The molecule has 152 valence electrons. The smallest absolute Gasteiger partial charge is 0.303 e. The molecule has 1 aliphatic rings. The highest BCUT2D eigenvalue weighted by atomic mass is 16.5. The van der Waals surface area contributed by atoms with Gasteiger partial charge in [0.1, 0.15) is 11.9 Å². The Kier molecular flexibility index (Phi) is 11.4. The molecule has 0 unspecified atom stereocenters. The van der Waals surface area contributed by atoms with Crippen LogP contribution in [0.1, 0.15) is 78.1 Å². The number of Topliss-reactive ketones (excluding diaryl/α,β-unsaturated/α-hetero) is 1. The van der Waals surface area contributed by atoms with E-state index in [9.17, 15) is 14.4 Å². The summed E-state index contributed by atoms with van der Waals surface area (Å²) in [5, 5.41) is 8.63. The molecule has 1 N–H and O–H groups in total. The molecule has 1 saturated carbocycles. The van der Waals surface area contributed by atoms with Crippen LogP contribution in [-0.2, 0) is 19.1 Å². The molecule has 5 nitrogen and oxygen atoms in total. The monoisotopic (exact) mass is 378 g/mol. The minimum Gasteiger partial charge on any atom is -0.481 e. The summed E-state index contributed by atoms with van der Waals surface area (Å²) in [7, 11) is 0. The molecule has 0 radical (unpaired) electrons. The van der Waals surface area contributed by atoms with Crippen LogP contribution in [0.5, 0.6) is 0 Å². The Labute approximate surface area is 162 Å². The van der Waals surface area contributed by atoms with Gasteiger partial charge in [0.05, 0.1) is 0 Å². The van der Waals surface area contributed by atoms with Gasteiger partial charge in [-0.2, -0.15) is 0 Å². The number of carbonyl (C=O) groups is 3. The third-order valence-electron chi connectivity index (χ3n) is 4.96. The largest absolute Gasteiger partial charge is 0.481 e. The lowest BCUT2D eigenvalue weighted by molar-refractivity contribution is -0.144.